The molecule has 4 nitrogen and oxygen atoms in total. The molecule has 0 aliphatic heterocycles. The highest BCUT2D eigenvalue weighted by Crippen LogP contribution is 2.55. The summed E-state index contributed by atoms with van der Waals surface area (Å²) in [5, 5.41) is 5.25. The first kappa shape index (κ1) is 28.8. The molecule has 2 bridgehead atoms. The summed E-state index contributed by atoms with van der Waals surface area (Å²) in [6.45, 7) is 7.71. The van der Waals surface area contributed by atoms with Crippen LogP contribution in [0.1, 0.15) is 54.4 Å². The van der Waals surface area contributed by atoms with Crippen LogP contribution in [0.15, 0.2) is 122 Å². The van der Waals surface area contributed by atoms with E-state index in [9.17, 15) is 9.59 Å². The van der Waals surface area contributed by atoms with E-state index in [4.69, 9.17) is 4.74 Å². The Kier molecular flexibility index (Phi) is 9.13. The third-order valence-corrected chi connectivity index (χ3v) is 7.96. The van der Waals surface area contributed by atoms with Crippen LogP contribution in [-0.4, -0.2) is 25.2 Å². The first-order chi connectivity index (χ1) is 20.5. The lowest BCUT2D eigenvalue weighted by Crippen LogP contribution is -2.37. The minimum Gasteiger partial charge on any atom is -0.466 e. The molecule has 1 unspecified atom stereocenters. The van der Waals surface area contributed by atoms with E-state index in [0.717, 1.165) is 12.5 Å². The Balaban J connectivity index is 0.000000145. The maximum atomic E-state index is 12.4. The summed E-state index contributed by atoms with van der Waals surface area (Å²) in [5.74, 6) is 0.0389. The molecule has 0 fully saturated rings. The van der Waals surface area contributed by atoms with Crippen molar-refractivity contribution in [3.63, 3.8) is 0 Å². The van der Waals surface area contributed by atoms with Gasteiger partial charge in [-0.15, -0.1) is 0 Å². The fourth-order valence-corrected chi connectivity index (χ4v) is 6.20. The number of benzene rings is 5. The Morgan fingerprint density at radius 1 is 0.667 bits per heavy atom. The summed E-state index contributed by atoms with van der Waals surface area (Å²) in [6.07, 6.45) is 2.01. The van der Waals surface area contributed by atoms with Crippen molar-refractivity contribution in [2.24, 2.45) is 5.92 Å². The lowest BCUT2D eigenvalue weighted by Gasteiger charge is -2.44. The zero-order chi connectivity index (χ0) is 29.5. The molecule has 0 radical (unpaired) electrons. The standard InChI is InChI=1S/C19H18O2.C14H10.C5H8O2/c1-2-21-19(20)17-11-16-12-7-3-5-9-14(12)18(17)15-10-6-4-8-13(15)16;1-2-6-12-10-14-8-4-3-7-13(14)9-11(12)5-1;1-3-5(6)7-4-2/h3-10,16-18H,2,11H2,1H3;1-10H;3H,1,4H2,2H3. The van der Waals surface area contributed by atoms with E-state index < -0.39 is 0 Å². The summed E-state index contributed by atoms with van der Waals surface area (Å²) in [5.41, 5.74) is 5.40. The van der Waals surface area contributed by atoms with Crippen LogP contribution in [0.25, 0.3) is 21.5 Å². The SMILES string of the molecule is C=CC(=O)OCC.CCOC(=O)C1CC2c3ccccc3C1c1ccccc12.c1ccc2cc3ccccc3cc2c1. The number of hydrogen-bond donors (Lipinski definition) is 0. The van der Waals surface area contributed by atoms with E-state index in [-0.39, 0.29) is 23.8 Å². The average Bonchev–Trinajstić information content (AvgIpc) is 3.04. The second-order valence-corrected chi connectivity index (χ2v) is 10.4. The Labute approximate surface area is 247 Å². The highest BCUT2D eigenvalue weighted by molar-refractivity contribution is 5.98. The third-order valence-electron chi connectivity index (χ3n) is 7.96. The molecule has 5 aromatic carbocycles. The molecule has 3 aliphatic rings. The van der Waals surface area contributed by atoms with E-state index in [0.29, 0.717) is 19.1 Å². The lowest BCUT2D eigenvalue weighted by molar-refractivity contribution is -0.149. The Morgan fingerprint density at radius 2 is 1.07 bits per heavy atom. The van der Waals surface area contributed by atoms with E-state index in [1.165, 1.54) is 43.8 Å². The fourth-order valence-electron chi connectivity index (χ4n) is 6.20. The molecule has 4 heteroatoms. The van der Waals surface area contributed by atoms with Crippen LogP contribution in [0.4, 0.5) is 0 Å². The van der Waals surface area contributed by atoms with Crippen LogP contribution < -0.4 is 0 Å². The van der Waals surface area contributed by atoms with Gasteiger partial charge in [-0.3, -0.25) is 4.79 Å². The zero-order valence-corrected chi connectivity index (χ0v) is 24.2. The van der Waals surface area contributed by atoms with E-state index in [1.54, 1.807) is 6.92 Å². The smallest absolute Gasteiger partial charge is 0.330 e. The zero-order valence-electron chi connectivity index (χ0n) is 24.2. The van der Waals surface area contributed by atoms with Crippen molar-refractivity contribution in [1.29, 1.82) is 0 Å². The number of hydrogen-bond acceptors (Lipinski definition) is 4. The van der Waals surface area contributed by atoms with Crippen LogP contribution in [0.5, 0.6) is 0 Å². The van der Waals surface area contributed by atoms with Crippen LogP contribution in [0.2, 0.25) is 0 Å². The summed E-state index contributed by atoms with van der Waals surface area (Å²) >= 11 is 0. The molecule has 0 heterocycles. The second kappa shape index (κ2) is 13.3. The van der Waals surface area contributed by atoms with Gasteiger partial charge in [0.2, 0.25) is 0 Å². The third kappa shape index (κ3) is 5.99. The van der Waals surface area contributed by atoms with Crippen molar-refractivity contribution in [1.82, 2.24) is 0 Å². The van der Waals surface area contributed by atoms with Gasteiger partial charge in [0.25, 0.3) is 0 Å². The van der Waals surface area contributed by atoms with E-state index >= 15 is 0 Å². The predicted molar refractivity (Wildman–Crippen MR) is 170 cm³/mol. The molecule has 5 aromatic rings. The average molecular weight is 557 g/mol. The topological polar surface area (TPSA) is 52.6 Å². The van der Waals surface area contributed by atoms with Gasteiger partial charge in [-0.2, -0.15) is 0 Å². The molecule has 0 aromatic heterocycles. The fraction of sp³-hybridized carbons (Fsp3) is 0.211. The number of fused-ring (bicyclic) bond motifs is 3. The second-order valence-electron chi connectivity index (χ2n) is 10.4. The first-order valence-corrected chi connectivity index (χ1v) is 14.6. The van der Waals surface area contributed by atoms with Crippen molar-refractivity contribution in [3.8, 4) is 0 Å². The number of rotatable bonds is 4. The predicted octanol–water partition coefficient (Wildman–Crippen LogP) is 8.58. The highest BCUT2D eigenvalue weighted by atomic mass is 16.5. The maximum absolute atomic E-state index is 12.4. The molecular weight excluding hydrogens is 520 g/mol. The van der Waals surface area contributed by atoms with Gasteiger partial charge in [0, 0.05) is 17.9 Å². The molecule has 0 saturated heterocycles. The minimum absolute atomic E-state index is 0.0419. The van der Waals surface area contributed by atoms with Gasteiger partial charge in [0.05, 0.1) is 19.1 Å². The monoisotopic (exact) mass is 556 g/mol. The van der Waals surface area contributed by atoms with Gasteiger partial charge in [-0.25, -0.2) is 4.79 Å². The molecule has 1 atom stereocenters. The molecule has 0 spiro atoms. The van der Waals surface area contributed by atoms with Crippen LogP contribution >= 0.6 is 0 Å². The number of ether oxygens (including phenoxy) is 2. The maximum Gasteiger partial charge on any atom is 0.330 e. The molecule has 3 aliphatic carbocycles. The summed E-state index contributed by atoms with van der Waals surface area (Å²) in [6, 6.07) is 38.5. The van der Waals surface area contributed by atoms with Crippen molar-refractivity contribution >= 4 is 33.5 Å². The molecule has 0 amide bonds. The summed E-state index contributed by atoms with van der Waals surface area (Å²) in [7, 11) is 0. The van der Waals surface area contributed by atoms with Crippen molar-refractivity contribution in [2.45, 2.75) is 32.1 Å². The van der Waals surface area contributed by atoms with Crippen LogP contribution in [0, 0.1) is 5.92 Å². The van der Waals surface area contributed by atoms with Gasteiger partial charge >= 0.3 is 11.9 Å². The van der Waals surface area contributed by atoms with Crippen LogP contribution in [-0.2, 0) is 19.1 Å². The number of esters is 2. The molecule has 8 rings (SSSR count). The first-order valence-electron chi connectivity index (χ1n) is 14.6. The van der Waals surface area contributed by atoms with Crippen molar-refractivity contribution in [2.75, 3.05) is 13.2 Å². The number of carbonyl (C=O) groups excluding carboxylic acids is 2. The highest BCUT2D eigenvalue weighted by Gasteiger charge is 2.46. The van der Waals surface area contributed by atoms with Gasteiger partial charge in [-0.1, -0.05) is 104 Å². The van der Waals surface area contributed by atoms with Gasteiger partial charge in [-0.05, 0) is 76.2 Å². The summed E-state index contributed by atoms with van der Waals surface area (Å²) in [4.78, 5) is 22.5. The number of carbonyl (C=O) groups is 2. The molecule has 0 saturated carbocycles. The molecule has 0 N–H and O–H groups in total. The van der Waals surface area contributed by atoms with Gasteiger partial charge in [0.15, 0.2) is 0 Å². The van der Waals surface area contributed by atoms with Crippen molar-refractivity contribution in [3.05, 3.63) is 144 Å². The molecular formula is C38H36O4. The minimum atomic E-state index is -0.359. The summed E-state index contributed by atoms with van der Waals surface area (Å²) < 4.78 is 9.76. The Morgan fingerprint density at radius 3 is 1.45 bits per heavy atom. The largest absolute Gasteiger partial charge is 0.466 e. The molecule has 42 heavy (non-hydrogen) atoms. The Hall–Kier alpha value is -4.70. The van der Waals surface area contributed by atoms with E-state index in [2.05, 4.69) is 121 Å². The van der Waals surface area contributed by atoms with Gasteiger partial charge < -0.3 is 9.47 Å². The quantitative estimate of drug-likeness (QED) is 0.126. The van der Waals surface area contributed by atoms with Crippen LogP contribution in [0.3, 0.4) is 0 Å². The van der Waals surface area contributed by atoms with Gasteiger partial charge in [0.1, 0.15) is 0 Å². The normalized spacial score (nSPS) is 17.4. The Bertz CT molecular complexity index is 1570. The van der Waals surface area contributed by atoms with Crippen molar-refractivity contribution < 1.29 is 19.1 Å². The lowest BCUT2D eigenvalue weighted by atomic mass is 9.59. The molecule has 212 valence electrons. The van der Waals surface area contributed by atoms with E-state index in [1.807, 2.05) is 6.92 Å².